The third kappa shape index (κ3) is 4.62. The molecular weight excluding hydrogens is 376 g/mol. The first kappa shape index (κ1) is 19.1. The van der Waals surface area contributed by atoms with Gasteiger partial charge in [-0.3, -0.25) is 4.79 Å². The average molecular weight is 396 g/mol. The zero-order valence-electron chi connectivity index (χ0n) is 16.4. The lowest BCUT2D eigenvalue weighted by molar-refractivity contribution is -0.111. The number of fused-ring (bicyclic) bond motifs is 1. The molecule has 0 aliphatic rings. The Hall–Kier alpha value is -4.19. The van der Waals surface area contributed by atoms with Gasteiger partial charge >= 0.3 is 0 Å². The Morgan fingerprint density at radius 3 is 2.40 bits per heavy atom. The van der Waals surface area contributed by atoms with Crippen LogP contribution in [0.3, 0.4) is 0 Å². The van der Waals surface area contributed by atoms with E-state index in [1.165, 1.54) is 12.4 Å². The number of nitrogens with zero attached hydrogens (tertiary/aromatic N) is 2. The monoisotopic (exact) mass is 396 g/mol. The second-order valence-corrected chi connectivity index (χ2v) is 6.51. The predicted molar refractivity (Wildman–Crippen MR) is 119 cm³/mol. The Kier molecular flexibility index (Phi) is 5.66. The van der Waals surface area contributed by atoms with E-state index < -0.39 is 0 Å². The van der Waals surface area contributed by atoms with E-state index in [1.807, 2.05) is 72.8 Å². The number of hydrogen-bond acceptors (Lipinski definition) is 5. The van der Waals surface area contributed by atoms with Crippen LogP contribution < -0.4 is 15.4 Å². The molecule has 0 bridgehead atoms. The fourth-order valence-electron chi connectivity index (χ4n) is 2.94. The lowest BCUT2D eigenvalue weighted by Gasteiger charge is -2.11. The molecule has 1 aromatic heterocycles. The van der Waals surface area contributed by atoms with Gasteiger partial charge in [0.05, 0.1) is 5.52 Å². The maximum absolute atomic E-state index is 11.8. The molecule has 2 N–H and O–H groups in total. The topological polar surface area (TPSA) is 76.1 Å². The Labute approximate surface area is 174 Å². The first-order valence-corrected chi connectivity index (χ1v) is 9.50. The molecule has 4 rings (SSSR count). The number of carbonyl (C=O) groups excluding carboxylic acids is 1. The van der Waals surface area contributed by atoms with Crippen LogP contribution in [0.25, 0.3) is 10.9 Å². The van der Waals surface area contributed by atoms with Crippen molar-refractivity contribution in [1.82, 2.24) is 9.97 Å². The summed E-state index contributed by atoms with van der Waals surface area (Å²) in [5.74, 6) is 2.00. The van der Waals surface area contributed by atoms with Gasteiger partial charge in [0.1, 0.15) is 23.6 Å². The standard InChI is InChI=1S/C24H20N4O2/c1-2-6-23(29)27-18-11-14-22-21(15-18)24(26-16-25-22)28-17-9-12-20(13-10-17)30-19-7-4-3-5-8-19/h2-16H,1H3,(H,27,29)(H,25,26,28). The normalized spacial score (nSPS) is 10.8. The Bertz CT molecular complexity index is 1190. The first-order valence-electron chi connectivity index (χ1n) is 9.50. The number of carbonyl (C=O) groups is 1. The summed E-state index contributed by atoms with van der Waals surface area (Å²) in [6, 6.07) is 22.8. The molecule has 0 radical (unpaired) electrons. The number of nitrogens with one attached hydrogen (secondary N) is 2. The highest BCUT2D eigenvalue weighted by Crippen LogP contribution is 2.28. The van der Waals surface area contributed by atoms with Gasteiger partial charge in [-0.25, -0.2) is 9.97 Å². The minimum atomic E-state index is -0.183. The van der Waals surface area contributed by atoms with Gasteiger partial charge in [0.25, 0.3) is 0 Å². The van der Waals surface area contributed by atoms with Gasteiger partial charge in [-0.05, 0) is 67.6 Å². The molecular formula is C24H20N4O2. The molecule has 0 fully saturated rings. The van der Waals surface area contributed by atoms with Crippen molar-refractivity contribution in [1.29, 1.82) is 0 Å². The van der Waals surface area contributed by atoms with E-state index in [0.717, 1.165) is 28.1 Å². The van der Waals surface area contributed by atoms with Crippen LogP contribution in [0.1, 0.15) is 6.92 Å². The lowest BCUT2D eigenvalue weighted by Crippen LogP contribution is -2.07. The van der Waals surface area contributed by atoms with Crippen molar-refractivity contribution in [2.75, 3.05) is 10.6 Å². The highest BCUT2D eigenvalue weighted by atomic mass is 16.5. The summed E-state index contributed by atoms with van der Waals surface area (Å²) in [6.45, 7) is 1.80. The molecule has 30 heavy (non-hydrogen) atoms. The molecule has 0 saturated heterocycles. The highest BCUT2D eigenvalue weighted by Gasteiger charge is 2.07. The molecule has 4 aromatic rings. The largest absolute Gasteiger partial charge is 0.457 e. The van der Waals surface area contributed by atoms with Crippen LogP contribution in [0.2, 0.25) is 0 Å². The summed E-state index contributed by atoms with van der Waals surface area (Å²) in [4.78, 5) is 20.5. The van der Waals surface area contributed by atoms with Gasteiger partial charge in [-0.2, -0.15) is 0 Å². The van der Waals surface area contributed by atoms with Crippen molar-refractivity contribution < 1.29 is 9.53 Å². The molecule has 148 valence electrons. The third-order valence-corrected chi connectivity index (χ3v) is 4.32. The molecule has 6 heteroatoms. The SMILES string of the molecule is CC=CC(=O)Nc1ccc2ncnc(Nc3ccc(Oc4ccccc4)cc3)c2c1. The molecule has 0 saturated carbocycles. The van der Waals surface area contributed by atoms with Crippen molar-refractivity contribution in [3.8, 4) is 11.5 Å². The number of ether oxygens (including phenoxy) is 1. The van der Waals surface area contributed by atoms with Gasteiger partial charge in [-0.15, -0.1) is 0 Å². The minimum absolute atomic E-state index is 0.183. The molecule has 1 amide bonds. The van der Waals surface area contributed by atoms with Crippen LogP contribution in [0, 0.1) is 0 Å². The molecule has 0 aliphatic heterocycles. The summed E-state index contributed by atoms with van der Waals surface area (Å²) in [5, 5.41) is 6.95. The molecule has 0 spiro atoms. The van der Waals surface area contributed by atoms with Gasteiger partial charge in [-0.1, -0.05) is 24.3 Å². The summed E-state index contributed by atoms with van der Waals surface area (Å²) in [5.41, 5.74) is 2.31. The number of hydrogen-bond donors (Lipinski definition) is 2. The number of aromatic nitrogens is 2. The zero-order chi connectivity index (χ0) is 20.8. The van der Waals surface area contributed by atoms with E-state index in [1.54, 1.807) is 13.0 Å². The van der Waals surface area contributed by atoms with Gasteiger partial charge in [0.2, 0.25) is 5.91 Å². The van der Waals surface area contributed by atoms with Crippen LogP contribution in [-0.2, 0) is 4.79 Å². The minimum Gasteiger partial charge on any atom is -0.457 e. The van der Waals surface area contributed by atoms with Crippen molar-refractivity contribution in [2.24, 2.45) is 0 Å². The number of rotatable bonds is 6. The molecule has 0 unspecified atom stereocenters. The number of allylic oxidation sites excluding steroid dienone is 1. The molecule has 0 aliphatic carbocycles. The summed E-state index contributed by atoms with van der Waals surface area (Å²) < 4.78 is 5.83. The van der Waals surface area contributed by atoms with Gasteiger partial charge in [0, 0.05) is 16.8 Å². The van der Waals surface area contributed by atoms with Crippen LogP contribution in [-0.4, -0.2) is 15.9 Å². The van der Waals surface area contributed by atoms with Crippen molar-refractivity contribution in [3.05, 3.63) is 91.3 Å². The van der Waals surface area contributed by atoms with E-state index in [4.69, 9.17) is 4.74 Å². The maximum atomic E-state index is 11.8. The van der Waals surface area contributed by atoms with Crippen LogP contribution in [0.4, 0.5) is 17.2 Å². The fraction of sp³-hybridized carbons (Fsp3) is 0.0417. The zero-order valence-corrected chi connectivity index (χ0v) is 16.4. The lowest BCUT2D eigenvalue weighted by atomic mass is 10.2. The van der Waals surface area contributed by atoms with Crippen molar-refractivity contribution in [2.45, 2.75) is 6.92 Å². The molecule has 3 aromatic carbocycles. The maximum Gasteiger partial charge on any atom is 0.248 e. The van der Waals surface area contributed by atoms with Crippen molar-refractivity contribution in [3.63, 3.8) is 0 Å². The Balaban J connectivity index is 1.54. The average Bonchev–Trinajstić information content (AvgIpc) is 2.76. The second kappa shape index (κ2) is 8.87. The van der Waals surface area contributed by atoms with Gasteiger partial charge in [0.15, 0.2) is 0 Å². The van der Waals surface area contributed by atoms with E-state index in [9.17, 15) is 4.79 Å². The van der Waals surface area contributed by atoms with Crippen LogP contribution >= 0.6 is 0 Å². The summed E-state index contributed by atoms with van der Waals surface area (Å²) >= 11 is 0. The number of amides is 1. The first-order chi connectivity index (χ1) is 14.7. The summed E-state index contributed by atoms with van der Waals surface area (Å²) in [7, 11) is 0. The fourth-order valence-corrected chi connectivity index (χ4v) is 2.94. The van der Waals surface area contributed by atoms with E-state index in [-0.39, 0.29) is 5.91 Å². The van der Waals surface area contributed by atoms with Crippen molar-refractivity contribution >= 4 is 34.0 Å². The predicted octanol–water partition coefficient (Wildman–Crippen LogP) is 5.68. The Morgan fingerprint density at radius 2 is 1.63 bits per heavy atom. The van der Waals surface area contributed by atoms with Gasteiger partial charge < -0.3 is 15.4 Å². The molecule has 6 nitrogen and oxygen atoms in total. The molecule has 1 heterocycles. The van der Waals surface area contributed by atoms with Crippen LogP contribution in [0.15, 0.2) is 91.3 Å². The number of para-hydroxylation sites is 1. The number of anilines is 3. The quantitative estimate of drug-likeness (QED) is 0.410. The highest BCUT2D eigenvalue weighted by molar-refractivity contribution is 6.01. The van der Waals surface area contributed by atoms with E-state index in [2.05, 4.69) is 20.6 Å². The smallest absolute Gasteiger partial charge is 0.248 e. The third-order valence-electron chi connectivity index (χ3n) is 4.32. The second-order valence-electron chi connectivity index (χ2n) is 6.51. The molecule has 0 atom stereocenters. The van der Waals surface area contributed by atoms with E-state index in [0.29, 0.717) is 11.5 Å². The van der Waals surface area contributed by atoms with Crippen LogP contribution in [0.5, 0.6) is 11.5 Å². The summed E-state index contributed by atoms with van der Waals surface area (Å²) in [6.07, 6.45) is 4.68. The Morgan fingerprint density at radius 1 is 0.900 bits per heavy atom. The number of benzene rings is 3. The van der Waals surface area contributed by atoms with E-state index >= 15 is 0 Å².